The van der Waals surface area contributed by atoms with Crippen molar-refractivity contribution in [2.45, 2.75) is 11.5 Å². The van der Waals surface area contributed by atoms with Gasteiger partial charge in [-0.3, -0.25) is 15.1 Å². The second-order valence-electron chi connectivity index (χ2n) is 5.94. The fourth-order valence-corrected chi connectivity index (χ4v) is 3.43. The van der Waals surface area contributed by atoms with Crippen molar-refractivity contribution in [3.63, 3.8) is 0 Å². The molecule has 0 saturated heterocycles. The van der Waals surface area contributed by atoms with Crippen molar-refractivity contribution in [3.05, 3.63) is 82.7 Å². The fourth-order valence-electron chi connectivity index (χ4n) is 2.57. The predicted molar refractivity (Wildman–Crippen MR) is 104 cm³/mol. The number of nitrogens with one attached hydrogen (secondary N) is 1. The highest BCUT2D eigenvalue weighted by atomic mass is 32.2. The van der Waals surface area contributed by atoms with Crippen LogP contribution in [0, 0.1) is 10.1 Å². The quantitative estimate of drug-likeness (QED) is 0.476. The molecule has 0 aliphatic carbocycles. The standard InChI is InChI=1S/C19H17N3O5S/c1-28(25,26)18-10-5-9-17(19(18)22(23)24)21-14-7-4-8-16(12-14)27-13-15-6-2-3-11-20-15/h2-12,21H,13H2,1H3. The van der Waals surface area contributed by atoms with Crippen LogP contribution in [0.5, 0.6) is 5.75 Å². The summed E-state index contributed by atoms with van der Waals surface area (Å²) in [7, 11) is -3.75. The SMILES string of the molecule is CS(=O)(=O)c1cccc(Nc2cccc(OCc3ccccn3)c2)c1[N+](=O)[O-]. The van der Waals surface area contributed by atoms with Crippen LogP contribution in [0.25, 0.3) is 0 Å². The van der Waals surface area contributed by atoms with Gasteiger partial charge < -0.3 is 10.1 Å². The molecule has 0 unspecified atom stereocenters. The predicted octanol–water partition coefficient (Wildman–Crippen LogP) is 3.72. The number of pyridine rings is 1. The Morgan fingerprint density at radius 3 is 2.57 bits per heavy atom. The third-order valence-electron chi connectivity index (χ3n) is 3.81. The molecule has 0 saturated carbocycles. The van der Waals surface area contributed by atoms with Crippen LogP contribution in [0.15, 0.2) is 71.8 Å². The number of benzene rings is 2. The molecule has 9 heteroatoms. The minimum Gasteiger partial charge on any atom is -0.487 e. The van der Waals surface area contributed by atoms with Crippen LogP contribution in [-0.4, -0.2) is 24.6 Å². The minimum absolute atomic E-state index is 0.0785. The van der Waals surface area contributed by atoms with Gasteiger partial charge in [-0.1, -0.05) is 18.2 Å². The van der Waals surface area contributed by atoms with E-state index in [2.05, 4.69) is 10.3 Å². The summed E-state index contributed by atoms with van der Waals surface area (Å²) in [6.45, 7) is 0.272. The summed E-state index contributed by atoms with van der Waals surface area (Å²) in [5.74, 6) is 0.539. The molecule has 1 N–H and O–H groups in total. The molecular formula is C19H17N3O5S. The van der Waals surface area contributed by atoms with Gasteiger partial charge in [0.2, 0.25) is 0 Å². The molecule has 0 aliphatic rings. The average Bonchev–Trinajstić information content (AvgIpc) is 2.66. The third kappa shape index (κ3) is 4.63. The Balaban J connectivity index is 1.85. The Morgan fingerprint density at radius 1 is 1.11 bits per heavy atom. The van der Waals surface area contributed by atoms with Gasteiger partial charge in [0.05, 0.1) is 10.6 Å². The number of nitro benzene ring substituents is 1. The van der Waals surface area contributed by atoms with Crippen LogP contribution in [-0.2, 0) is 16.4 Å². The van der Waals surface area contributed by atoms with E-state index in [4.69, 9.17) is 4.74 Å². The zero-order chi connectivity index (χ0) is 20.1. The van der Waals surface area contributed by atoms with Crippen LogP contribution in [0.2, 0.25) is 0 Å². The van der Waals surface area contributed by atoms with E-state index in [9.17, 15) is 18.5 Å². The van der Waals surface area contributed by atoms with E-state index in [1.807, 2.05) is 18.2 Å². The zero-order valence-electron chi connectivity index (χ0n) is 14.9. The van der Waals surface area contributed by atoms with Crippen LogP contribution in [0.4, 0.5) is 17.1 Å². The number of hydrogen-bond acceptors (Lipinski definition) is 7. The van der Waals surface area contributed by atoms with E-state index in [-0.39, 0.29) is 17.2 Å². The van der Waals surface area contributed by atoms with Crippen LogP contribution >= 0.6 is 0 Å². The molecule has 28 heavy (non-hydrogen) atoms. The van der Waals surface area contributed by atoms with Gasteiger partial charge in [0.15, 0.2) is 9.84 Å². The van der Waals surface area contributed by atoms with E-state index in [0.29, 0.717) is 11.4 Å². The van der Waals surface area contributed by atoms with E-state index in [1.165, 1.54) is 18.2 Å². The number of para-hydroxylation sites is 1. The second-order valence-corrected chi connectivity index (χ2v) is 7.93. The average molecular weight is 399 g/mol. The molecule has 3 aromatic rings. The summed E-state index contributed by atoms with van der Waals surface area (Å²) in [5.41, 5.74) is 0.865. The molecule has 8 nitrogen and oxygen atoms in total. The number of sulfone groups is 1. The first-order valence-electron chi connectivity index (χ1n) is 8.22. The van der Waals surface area contributed by atoms with Crippen molar-refractivity contribution in [2.75, 3.05) is 11.6 Å². The highest BCUT2D eigenvalue weighted by Gasteiger charge is 2.26. The first-order valence-corrected chi connectivity index (χ1v) is 10.1. The van der Waals surface area contributed by atoms with Gasteiger partial charge in [-0.05, 0) is 36.4 Å². The molecule has 144 valence electrons. The van der Waals surface area contributed by atoms with Crippen LogP contribution in [0.1, 0.15) is 5.69 Å². The molecule has 0 spiro atoms. The molecular weight excluding hydrogens is 382 g/mol. The Bertz CT molecular complexity index is 1100. The number of aromatic nitrogens is 1. The number of rotatable bonds is 7. The van der Waals surface area contributed by atoms with Crippen molar-refractivity contribution in [1.29, 1.82) is 0 Å². The van der Waals surface area contributed by atoms with E-state index in [0.717, 1.165) is 11.9 Å². The van der Waals surface area contributed by atoms with Crippen molar-refractivity contribution in [2.24, 2.45) is 0 Å². The molecule has 0 amide bonds. The van der Waals surface area contributed by atoms with Gasteiger partial charge in [0.1, 0.15) is 22.9 Å². The zero-order valence-corrected chi connectivity index (χ0v) is 15.7. The molecule has 1 aromatic heterocycles. The summed E-state index contributed by atoms with van der Waals surface area (Å²) in [4.78, 5) is 14.6. The van der Waals surface area contributed by atoms with Crippen molar-refractivity contribution in [1.82, 2.24) is 4.98 Å². The molecule has 1 heterocycles. The Kier molecular flexibility index (Phi) is 5.55. The van der Waals surface area contributed by atoms with E-state index >= 15 is 0 Å². The van der Waals surface area contributed by atoms with Crippen LogP contribution < -0.4 is 10.1 Å². The molecule has 0 atom stereocenters. The lowest BCUT2D eigenvalue weighted by Gasteiger charge is -2.11. The maximum atomic E-state index is 11.9. The van der Waals surface area contributed by atoms with Gasteiger partial charge in [-0.15, -0.1) is 0 Å². The van der Waals surface area contributed by atoms with Crippen LogP contribution in [0.3, 0.4) is 0 Å². The van der Waals surface area contributed by atoms with Crippen molar-refractivity contribution >= 4 is 26.9 Å². The lowest BCUT2D eigenvalue weighted by atomic mass is 10.2. The normalized spacial score (nSPS) is 11.0. The first kappa shape index (κ1) is 19.3. The van der Waals surface area contributed by atoms with Gasteiger partial charge in [-0.2, -0.15) is 0 Å². The second kappa shape index (κ2) is 8.05. The molecule has 0 fully saturated rings. The minimum atomic E-state index is -3.75. The number of nitro groups is 1. The summed E-state index contributed by atoms with van der Waals surface area (Å²) in [6.07, 6.45) is 2.61. The van der Waals surface area contributed by atoms with Gasteiger partial charge >= 0.3 is 5.69 Å². The maximum Gasteiger partial charge on any atom is 0.311 e. The monoisotopic (exact) mass is 399 g/mol. The number of anilines is 2. The Morgan fingerprint density at radius 2 is 1.89 bits per heavy atom. The number of nitrogens with zero attached hydrogens (tertiary/aromatic N) is 2. The topological polar surface area (TPSA) is 111 Å². The maximum absolute atomic E-state index is 11.9. The molecule has 0 radical (unpaired) electrons. The summed E-state index contributed by atoms with van der Waals surface area (Å²) < 4.78 is 29.5. The largest absolute Gasteiger partial charge is 0.487 e. The summed E-state index contributed by atoms with van der Waals surface area (Å²) in [5, 5.41) is 14.4. The molecule has 3 rings (SSSR count). The van der Waals surface area contributed by atoms with E-state index < -0.39 is 20.4 Å². The lowest BCUT2D eigenvalue weighted by molar-refractivity contribution is -0.386. The van der Waals surface area contributed by atoms with Gasteiger partial charge in [0.25, 0.3) is 0 Å². The van der Waals surface area contributed by atoms with Crippen molar-refractivity contribution < 1.29 is 18.1 Å². The smallest absolute Gasteiger partial charge is 0.311 e. The molecule has 0 aliphatic heterocycles. The lowest BCUT2D eigenvalue weighted by Crippen LogP contribution is -2.05. The van der Waals surface area contributed by atoms with Gasteiger partial charge in [0, 0.05) is 24.2 Å². The van der Waals surface area contributed by atoms with Gasteiger partial charge in [-0.25, -0.2) is 8.42 Å². The fraction of sp³-hybridized carbons (Fsp3) is 0.105. The Labute approximate surface area is 161 Å². The summed E-state index contributed by atoms with van der Waals surface area (Å²) in [6, 6.07) is 16.5. The third-order valence-corrected chi connectivity index (χ3v) is 4.94. The van der Waals surface area contributed by atoms with Crippen molar-refractivity contribution in [3.8, 4) is 5.75 Å². The first-order chi connectivity index (χ1) is 13.3. The molecule has 2 aromatic carbocycles. The van der Waals surface area contributed by atoms with E-state index in [1.54, 1.807) is 30.5 Å². The Hall–Kier alpha value is -3.46. The summed E-state index contributed by atoms with van der Waals surface area (Å²) >= 11 is 0. The highest BCUT2D eigenvalue weighted by Crippen LogP contribution is 2.34. The number of ether oxygens (including phenoxy) is 1. The number of hydrogen-bond donors (Lipinski definition) is 1. The highest BCUT2D eigenvalue weighted by molar-refractivity contribution is 7.90. The molecule has 0 bridgehead atoms.